The molecule has 0 spiro atoms. The first kappa shape index (κ1) is 17.6. The first-order chi connectivity index (χ1) is 13.3. The number of pyridine rings is 1. The molecule has 0 saturated carbocycles. The number of morpholine rings is 1. The Labute approximate surface area is 159 Å². The van der Waals surface area contributed by atoms with E-state index in [1.807, 2.05) is 41.3 Å². The molecule has 2 saturated heterocycles. The van der Waals surface area contributed by atoms with E-state index in [4.69, 9.17) is 4.74 Å². The van der Waals surface area contributed by atoms with Crippen molar-refractivity contribution in [1.82, 2.24) is 9.88 Å². The minimum Gasteiger partial charge on any atom is -0.378 e. The molecular formula is C20H25N5O2. The normalized spacial score (nSPS) is 17.7. The van der Waals surface area contributed by atoms with Crippen LogP contribution in [0.15, 0.2) is 48.7 Å². The van der Waals surface area contributed by atoms with Crippen molar-refractivity contribution < 1.29 is 9.53 Å². The van der Waals surface area contributed by atoms with E-state index in [1.165, 1.54) is 0 Å². The van der Waals surface area contributed by atoms with Gasteiger partial charge in [-0.25, -0.2) is 9.78 Å². The number of carbonyl (C=O) groups is 1. The number of amides is 2. The Morgan fingerprint density at radius 2 is 1.63 bits per heavy atom. The lowest BCUT2D eigenvalue weighted by atomic mass is 10.2. The monoisotopic (exact) mass is 367 g/mol. The number of para-hydroxylation sites is 2. The zero-order valence-corrected chi connectivity index (χ0v) is 15.4. The molecule has 7 heteroatoms. The van der Waals surface area contributed by atoms with Crippen LogP contribution < -0.4 is 15.1 Å². The van der Waals surface area contributed by atoms with E-state index in [0.717, 1.165) is 56.6 Å². The average Bonchev–Trinajstić information content (AvgIpc) is 2.75. The second-order valence-electron chi connectivity index (χ2n) is 6.71. The number of nitrogens with zero attached hydrogens (tertiary/aromatic N) is 4. The van der Waals surface area contributed by atoms with Crippen LogP contribution >= 0.6 is 0 Å². The van der Waals surface area contributed by atoms with Gasteiger partial charge in [-0.3, -0.25) is 0 Å². The van der Waals surface area contributed by atoms with Crippen molar-refractivity contribution in [2.24, 2.45) is 0 Å². The molecule has 1 aromatic heterocycles. The van der Waals surface area contributed by atoms with Crippen LogP contribution in [0.25, 0.3) is 0 Å². The van der Waals surface area contributed by atoms with Crippen LogP contribution in [-0.4, -0.2) is 68.4 Å². The number of urea groups is 1. The molecule has 0 bridgehead atoms. The third-order valence-corrected chi connectivity index (χ3v) is 5.04. The highest BCUT2D eigenvalue weighted by atomic mass is 16.5. The fourth-order valence-corrected chi connectivity index (χ4v) is 3.53. The van der Waals surface area contributed by atoms with Gasteiger partial charge in [0.1, 0.15) is 5.82 Å². The number of carbonyl (C=O) groups excluding carboxylic acids is 1. The number of hydrogen-bond acceptors (Lipinski definition) is 5. The molecule has 4 rings (SSSR count). The Kier molecular flexibility index (Phi) is 5.39. The molecule has 1 aromatic carbocycles. The van der Waals surface area contributed by atoms with Gasteiger partial charge in [0.25, 0.3) is 0 Å². The van der Waals surface area contributed by atoms with Crippen molar-refractivity contribution >= 4 is 23.2 Å². The van der Waals surface area contributed by atoms with Crippen molar-refractivity contribution in [3.63, 3.8) is 0 Å². The van der Waals surface area contributed by atoms with Gasteiger partial charge in [-0.05, 0) is 24.3 Å². The molecule has 27 heavy (non-hydrogen) atoms. The molecule has 0 atom stereocenters. The fourth-order valence-electron chi connectivity index (χ4n) is 3.53. The molecule has 2 aliphatic rings. The maximum atomic E-state index is 12.8. The first-order valence-corrected chi connectivity index (χ1v) is 9.45. The third kappa shape index (κ3) is 4.14. The molecule has 2 fully saturated rings. The van der Waals surface area contributed by atoms with Crippen LogP contribution in [0, 0.1) is 0 Å². The van der Waals surface area contributed by atoms with Crippen molar-refractivity contribution in [3.05, 3.63) is 48.7 Å². The van der Waals surface area contributed by atoms with E-state index < -0.39 is 0 Å². The van der Waals surface area contributed by atoms with E-state index in [-0.39, 0.29) is 6.03 Å². The zero-order valence-electron chi connectivity index (χ0n) is 15.4. The SMILES string of the molecule is O=C(Nc1ccccc1N1CCOCC1)N1CCN(c2ccccn2)CC1. The van der Waals surface area contributed by atoms with E-state index in [0.29, 0.717) is 13.1 Å². The number of hydrogen-bond donors (Lipinski definition) is 1. The summed E-state index contributed by atoms with van der Waals surface area (Å²) in [5.41, 5.74) is 1.91. The summed E-state index contributed by atoms with van der Waals surface area (Å²) in [4.78, 5) is 23.5. The minimum atomic E-state index is -0.0450. The molecule has 3 heterocycles. The van der Waals surface area contributed by atoms with Gasteiger partial charge in [0.15, 0.2) is 0 Å². The number of anilines is 3. The van der Waals surface area contributed by atoms with E-state index in [2.05, 4.69) is 26.2 Å². The summed E-state index contributed by atoms with van der Waals surface area (Å²) < 4.78 is 5.44. The van der Waals surface area contributed by atoms with E-state index in [9.17, 15) is 4.79 Å². The van der Waals surface area contributed by atoms with Crippen LogP contribution in [-0.2, 0) is 4.74 Å². The van der Waals surface area contributed by atoms with Crippen LogP contribution in [0.2, 0.25) is 0 Å². The molecule has 2 aromatic rings. The van der Waals surface area contributed by atoms with Crippen LogP contribution in [0.5, 0.6) is 0 Å². The number of nitrogens with one attached hydrogen (secondary N) is 1. The van der Waals surface area contributed by atoms with Crippen molar-refractivity contribution in [1.29, 1.82) is 0 Å². The highest BCUT2D eigenvalue weighted by Crippen LogP contribution is 2.26. The summed E-state index contributed by atoms with van der Waals surface area (Å²) in [5.74, 6) is 0.968. The smallest absolute Gasteiger partial charge is 0.322 e. The molecule has 1 N–H and O–H groups in total. The minimum absolute atomic E-state index is 0.0450. The lowest BCUT2D eigenvalue weighted by Gasteiger charge is -2.36. The van der Waals surface area contributed by atoms with Gasteiger partial charge in [-0.1, -0.05) is 18.2 Å². The maximum Gasteiger partial charge on any atom is 0.322 e. The lowest BCUT2D eigenvalue weighted by Crippen LogP contribution is -2.50. The number of ether oxygens (including phenoxy) is 1. The second kappa shape index (κ2) is 8.26. The van der Waals surface area contributed by atoms with Crippen LogP contribution in [0.4, 0.5) is 22.0 Å². The summed E-state index contributed by atoms with van der Waals surface area (Å²) in [6.45, 7) is 6.07. The first-order valence-electron chi connectivity index (χ1n) is 9.45. The van der Waals surface area contributed by atoms with Gasteiger partial charge in [-0.2, -0.15) is 0 Å². The molecule has 0 aliphatic carbocycles. The Morgan fingerprint density at radius 3 is 2.37 bits per heavy atom. The highest BCUT2D eigenvalue weighted by Gasteiger charge is 2.23. The molecule has 2 amide bonds. The predicted octanol–water partition coefficient (Wildman–Crippen LogP) is 2.27. The number of piperazine rings is 1. The zero-order chi connectivity index (χ0) is 18.5. The molecule has 2 aliphatic heterocycles. The summed E-state index contributed by atoms with van der Waals surface area (Å²) in [7, 11) is 0. The van der Waals surface area contributed by atoms with E-state index in [1.54, 1.807) is 6.20 Å². The third-order valence-electron chi connectivity index (χ3n) is 5.04. The second-order valence-corrected chi connectivity index (χ2v) is 6.71. The predicted molar refractivity (Wildman–Crippen MR) is 107 cm³/mol. The molecular weight excluding hydrogens is 342 g/mol. The fraction of sp³-hybridized carbons (Fsp3) is 0.400. The molecule has 142 valence electrons. The topological polar surface area (TPSA) is 60.9 Å². The lowest BCUT2D eigenvalue weighted by molar-refractivity contribution is 0.123. The van der Waals surface area contributed by atoms with Gasteiger partial charge in [-0.15, -0.1) is 0 Å². The molecule has 7 nitrogen and oxygen atoms in total. The quantitative estimate of drug-likeness (QED) is 0.902. The Bertz CT molecular complexity index is 756. The Balaban J connectivity index is 1.37. The summed E-state index contributed by atoms with van der Waals surface area (Å²) >= 11 is 0. The summed E-state index contributed by atoms with van der Waals surface area (Å²) in [5, 5.41) is 3.10. The molecule has 0 unspecified atom stereocenters. The largest absolute Gasteiger partial charge is 0.378 e. The Morgan fingerprint density at radius 1 is 0.889 bits per heavy atom. The summed E-state index contributed by atoms with van der Waals surface area (Å²) in [6.07, 6.45) is 1.80. The van der Waals surface area contributed by atoms with Crippen LogP contribution in [0.1, 0.15) is 0 Å². The van der Waals surface area contributed by atoms with Crippen LogP contribution in [0.3, 0.4) is 0 Å². The Hall–Kier alpha value is -2.80. The number of rotatable bonds is 3. The van der Waals surface area contributed by atoms with Gasteiger partial charge < -0.3 is 24.8 Å². The van der Waals surface area contributed by atoms with Gasteiger partial charge in [0.05, 0.1) is 24.6 Å². The van der Waals surface area contributed by atoms with Gasteiger partial charge in [0.2, 0.25) is 0 Å². The standard InChI is InChI=1S/C20H25N5O2/c26-20(25-11-9-24(10-12-25)19-7-3-4-8-21-19)22-17-5-1-2-6-18(17)23-13-15-27-16-14-23/h1-8H,9-16H2,(H,22,26). The summed E-state index contributed by atoms with van der Waals surface area (Å²) in [6, 6.07) is 13.9. The highest BCUT2D eigenvalue weighted by molar-refractivity contribution is 5.93. The maximum absolute atomic E-state index is 12.8. The number of aromatic nitrogens is 1. The average molecular weight is 367 g/mol. The molecule has 0 radical (unpaired) electrons. The van der Waals surface area contributed by atoms with Crippen molar-refractivity contribution in [3.8, 4) is 0 Å². The van der Waals surface area contributed by atoms with Crippen molar-refractivity contribution in [2.75, 3.05) is 67.6 Å². The van der Waals surface area contributed by atoms with Crippen molar-refractivity contribution in [2.45, 2.75) is 0 Å². The van der Waals surface area contributed by atoms with Gasteiger partial charge in [0, 0.05) is 45.5 Å². The number of benzene rings is 1. The van der Waals surface area contributed by atoms with E-state index >= 15 is 0 Å². The van der Waals surface area contributed by atoms with Gasteiger partial charge >= 0.3 is 6.03 Å².